The highest BCUT2D eigenvalue weighted by Gasteiger charge is 2.19. The summed E-state index contributed by atoms with van der Waals surface area (Å²) in [6.07, 6.45) is 0.239. The van der Waals surface area contributed by atoms with E-state index in [1.54, 1.807) is 6.07 Å². The summed E-state index contributed by atoms with van der Waals surface area (Å²) in [6, 6.07) is 12.1. The minimum atomic E-state index is -3.69. The lowest BCUT2D eigenvalue weighted by atomic mass is 10.2. The Hall–Kier alpha value is -2.38. The summed E-state index contributed by atoms with van der Waals surface area (Å²) >= 11 is 0. The maximum Gasteiger partial charge on any atom is 0.240 e. The van der Waals surface area contributed by atoms with Crippen molar-refractivity contribution < 1.29 is 17.9 Å². The quantitative estimate of drug-likeness (QED) is 0.889. The Kier molecular flexibility index (Phi) is 4.55. The molecule has 2 N–H and O–H groups in total. The number of fused-ring (bicyclic) bond motifs is 1. The number of rotatable bonds is 4. The fraction of sp³-hybridized carbons (Fsp3) is 0.235. The van der Waals surface area contributed by atoms with Crippen LogP contribution in [-0.2, 0) is 21.4 Å². The number of amides is 1. The molecule has 0 unspecified atom stereocenters. The van der Waals surface area contributed by atoms with Crippen molar-refractivity contribution in [3.8, 4) is 5.75 Å². The van der Waals surface area contributed by atoms with E-state index in [1.807, 2.05) is 31.2 Å². The van der Waals surface area contributed by atoms with E-state index in [0.717, 1.165) is 11.1 Å². The topological polar surface area (TPSA) is 84.5 Å². The summed E-state index contributed by atoms with van der Waals surface area (Å²) in [5.41, 5.74) is 2.36. The van der Waals surface area contributed by atoms with Gasteiger partial charge in [0.05, 0.1) is 23.6 Å². The first-order valence-electron chi connectivity index (χ1n) is 7.56. The third-order valence-corrected chi connectivity index (χ3v) is 5.11. The molecule has 0 saturated heterocycles. The van der Waals surface area contributed by atoms with Crippen LogP contribution in [0.5, 0.6) is 5.75 Å². The van der Waals surface area contributed by atoms with Gasteiger partial charge in [0.25, 0.3) is 0 Å². The number of nitrogens with one attached hydrogen (secondary N) is 2. The summed E-state index contributed by atoms with van der Waals surface area (Å²) in [7, 11) is -3.69. The van der Waals surface area contributed by atoms with E-state index in [-0.39, 0.29) is 30.4 Å². The van der Waals surface area contributed by atoms with Crippen LogP contribution in [0.25, 0.3) is 0 Å². The van der Waals surface area contributed by atoms with Crippen LogP contribution >= 0.6 is 0 Å². The lowest BCUT2D eigenvalue weighted by molar-refractivity contribution is -0.116. The monoisotopic (exact) mass is 346 g/mol. The van der Waals surface area contributed by atoms with Crippen molar-refractivity contribution in [3.05, 3.63) is 53.6 Å². The first-order chi connectivity index (χ1) is 11.4. The van der Waals surface area contributed by atoms with Crippen molar-refractivity contribution in [2.45, 2.75) is 24.8 Å². The Morgan fingerprint density at radius 1 is 1.17 bits per heavy atom. The molecule has 0 bridgehead atoms. The normalized spacial score (nSPS) is 14.3. The molecule has 1 heterocycles. The molecule has 126 valence electrons. The third kappa shape index (κ3) is 3.74. The predicted molar refractivity (Wildman–Crippen MR) is 90.4 cm³/mol. The standard InChI is InChI=1S/C17H18N2O4S/c1-12-2-4-13(5-3-12)11-18-24(21,22)14-6-7-16-15(10-14)19-17(20)8-9-23-16/h2-7,10,18H,8-9,11H2,1H3,(H,19,20). The Labute approximate surface area is 140 Å². The van der Waals surface area contributed by atoms with Gasteiger partial charge in [-0.05, 0) is 30.7 Å². The molecule has 24 heavy (non-hydrogen) atoms. The van der Waals surface area contributed by atoms with Crippen molar-refractivity contribution >= 4 is 21.6 Å². The molecule has 0 aromatic heterocycles. The highest BCUT2D eigenvalue weighted by atomic mass is 32.2. The minimum absolute atomic E-state index is 0.0826. The van der Waals surface area contributed by atoms with Crippen LogP contribution in [0.1, 0.15) is 17.5 Å². The molecule has 2 aromatic rings. The molecular weight excluding hydrogens is 328 g/mol. The summed E-state index contributed by atoms with van der Waals surface area (Å²) in [5, 5.41) is 2.66. The van der Waals surface area contributed by atoms with Crippen molar-refractivity contribution in [3.63, 3.8) is 0 Å². The number of anilines is 1. The van der Waals surface area contributed by atoms with E-state index in [9.17, 15) is 13.2 Å². The molecule has 1 aliphatic rings. The molecule has 2 aromatic carbocycles. The van der Waals surface area contributed by atoms with E-state index in [0.29, 0.717) is 11.4 Å². The van der Waals surface area contributed by atoms with Gasteiger partial charge in [0, 0.05) is 6.54 Å². The fourth-order valence-corrected chi connectivity index (χ4v) is 3.38. The average molecular weight is 346 g/mol. The molecule has 1 aliphatic heterocycles. The van der Waals surface area contributed by atoms with Gasteiger partial charge in [0.15, 0.2) is 0 Å². The molecule has 0 fully saturated rings. The van der Waals surface area contributed by atoms with Crippen LogP contribution in [0, 0.1) is 6.92 Å². The number of aryl methyl sites for hydroxylation is 1. The first-order valence-corrected chi connectivity index (χ1v) is 9.04. The van der Waals surface area contributed by atoms with Gasteiger partial charge < -0.3 is 10.1 Å². The minimum Gasteiger partial charge on any atom is -0.491 e. The summed E-state index contributed by atoms with van der Waals surface area (Å²) in [6.45, 7) is 2.44. The predicted octanol–water partition coefficient (Wildman–Crippen LogP) is 2.19. The molecule has 6 nitrogen and oxygen atoms in total. The van der Waals surface area contributed by atoms with Gasteiger partial charge in [-0.15, -0.1) is 0 Å². The molecule has 7 heteroatoms. The van der Waals surface area contributed by atoms with Crippen LogP contribution in [-0.4, -0.2) is 20.9 Å². The smallest absolute Gasteiger partial charge is 0.240 e. The van der Waals surface area contributed by atoms with Gasteiger partial charge >= 0.3 is 0 Å². The summed E-state index contributed by atoms with van der Waals surface area (Å²) in [5.74, 6) is 0.272. The summed E-state index contributed by atoms with van der Waals surface area (Å²) < 4.78 is 32.9. The second-order valence-corrected chi connectivity index (χ2v) is 7.38. The number of sulfonamides is 1. The van der Waals surface area contributed by atoms with Crippen molar-refractivity contribution in [1.82, 2.24) is 4.72 Å². The molecule has 0 atom stereocenters. The average Bonchev–Trinajstić information content (AvgIpc) is 2.74. The molecule has 3 rings (SSSR count). The van der Waals surface area contributed by atoms with Crippen LogP contribution in [0.15, 0.2) is 47.4 Å². The highest BCUT2D eigenvalue weighted by Crippen LogP contribution is 2.29. The molecule has 0 aliphatic carbocycles. The van der Waals surface area contributed by atoms with E-state index in [4.69, 9.17) is 4.74 Å². The van der Waals surface area contributed by atoms with Crippen LogP contribution in [0.3, 0.4) is 0 Å². The molecule has 1 amide bonds. The van der Waals surface area contributed by atoms with Crippen LogP contribution in [0.2, 0.25) is 0 Å². The molecular formula is C17H18N2O4S. The SMILES string of the molecule is Cc1ccc(CNS(=O)(=O)c2ccc3c(c2)NC(=O)CCO3)cc1. The fourth-order valence-electron chi connectivity index (χ4n) is 2.33. The van der Waals surface area contributed by atoms with Crippen molar-refractivity contribution in [2.75, 3.05) is 11.9 Å². The van der Waals surface area contributed by atoms with E-state index < -0.39 is 10.0 Å². The van der Waals surface area contributed by atoms with Gasteiger partial charge in [-0.1, -0.05) is 29.8 Å². The van der Waals surface area contributed by atoms with Crippen LogP contribution < -0.4 is 14.8 Å². The van der Waals surface area contributed by atoms with Gasteiger partial charge in [-0.25, -0.2) is 13.1 Å². The summed E-state index contributed by atoms with van der Waals surface area (Å²) in [4.78, 5) is 11.7. The molecule has 0 radical (unpaired) electrons. The second-order valence-electron chi connectivity index (χ2n) is 5.61. The lowest BCUT2D eigenvalue weighted by Crippen LogP contribution is -2.23. The highest BCUT2D eigenvalue weighted by molar-refractivity contribution is 7.89. The zero-order valence-electron chi connectivity index (χ0n) is 13.2. The number of carbonyl (C=O) groups excluding carboxylic acids is 1. The van der Waals surface area contributed by atoms with E-state index in [1.165, 1.54) is 12.1 Å². The zero-order chi connectivity index (χ0) is 17.2. The largest absolute Gasteiger partial charge is 0.491 e. The zero-order valence-corrected chi connectivity index (χ0v) is 14.0. The number of benzene rings is 2. The second kappa shape index (κ2) is 6.62. The van der Waals surface area contributed by atoms with Crippen LogP contribution in [0.4, 0.5) is 5.69 Å². The molecule has 0 spiro atoms. The lowest BCUT2D eigenvalue weighted by Gasteiger charge is -2.11. The Bertz CT molecular complexity index is 861. The number of hydrogen-bond acceptors (Lipinski definition) is 4. The number of carbonyl (C=O) groups is 1. The van der Waals surface area contributed by atoms with Gasteiger partial charge in [-0.3, -0.25) is 4.79 Å². The first kappa shape index (κ1) is 16.5. The van der Waals surface area contributed by atoms with Gasteiger partial charge in [0.2, 0.25) is 15.9 Å². The maximum absolute atomic E-state index is 12.5. The Balaban J connectivity index is 1.79. The molecule has 0 saturated carbocycles. The van der Waals surface area contributed by atoms with Gasteiger partial charge in [-0.2, -0.15) is 0 Å². The third-order valence-electron chi connectivity index (χ3n) is 3.71. The van der Waals surface area contributed by atoms with E-state index in [2.05, 4.69) is 10.0 Å². The Morgan fingerprint density at radius 2 is 1.92 bits per heavy atom. The number of hydrogen-bond donors (Lipinski definition) is 2. The van der Waals surface area contributed by atoms with Gasteiger partial charge in [0.1, 0.15) is 5.75 Å². The number of ether oxygens (including phenoxy) is 1. The Morgan fingerprint density at radius 3 is 2.67 bits per heavy atom. The van der Waals surface area contributed by atoms with Crippen molar-refractivity contribution in [2.24, 2.45) is 0 Å². The maximum atomic E-state index is 12.5. The van der Waals surface area contributed by atoms with E-state index >= 15 is 0 Å². The van der Waals surface area contributed by atoms with Crippen molar-refractivity contribution in [1.29, 1.82) is 0 Å².